The lowest BCUT2D eigenvalue weighted by molar-refractivity contribution is 0.313. The van der Waals surface area contributed by atoms with Crippen molar-refractivity contribution in [3.63, 3.8) is 0 Å². The van der Waals surface area contributed by atoms with E-state index in [0.29, 0.717) is 0 Å². The molecule has 0 amide bonds. The second kappa shape index (κ2) is 6.07. The number of hydrogen-bond donors (Lipinski definition) is 1. The second-order valence-electron chi connectivity index (χ2n) is 4.87. The van der Waals surface area contributed by atoms with E-state index in [9.17, 15) is 0 Å². The lowest BCUT2D eigenvalue weighted by atomic mass is 10.3. The van der Waals surface area contributed by atoms with Crippen molar-refractivity contribution >= 4 is 32.9 Å². The van der Waals surface area contributed by atoms with Gasteiger partial charge in [0.2, 0.25) is 0 Å². The Morgan fingerprint density at radius 2 is 2.10 bits per heavy atom. The lowest BCUT2D eigenvalue weighted by Gasteiger charge is -2.32. The average molecular weight is 309 g/mol. The predicted molar refractivity (Wildman–Crippen MR) is 87.1 cm³/mol. The lowest BCUT2D eigenvalue weighted by Crippen LogP contribution is -2.44. The van der Waals surface area contributed by atoms with Crippen LogP contribution >= 0.6 is 22.7 Å². The van der Waals surface area contributed by atoms with E-state index in [1.54, 1.807) is 22.7 Å². The molecular weight excluding hydrogens is 290 g/mol. The molecule has 0 aliphatic carbocycles. The maximum Gasteiger partial charge on any atom is 0.185 e. The Hall–Kier alpha value is -1.18. The Bertz CT molecular complexity index is 557. The van der Waals surface area contributed by atoms with Crippen molar-refractivity contribution in [2.24, 2.45) is 0 Å². The maximum atomic E-state index is 4.59. The molecule has 0 bridgehead atoms. The quantitative estimate of drug-likeness (QED) is 0.940. The van der Waals surface area contributed by atoms with Gasteiger partial charge in [-0.3, -0.25) is 0 Å². The highest BCUT2D eigenvalue weighted by Gasteiger charge is 2.18. The number of nitrogens with zero attached hydrogens (tertiary/aromatic N) is 4. The number of rotatable bonds is 4. The van der Waals surface area contributed by atoms with Gasteiger partial charge in [0.25, 0.3) is 0 Å². The number of anilines is 2. The number of hydrogen-bond acceptors (Lipinski definition) is 7. The first-order chi connectivity index (χ1) is 9.76. The van der Waals surface area contributed by atoms with Crippen LogP contribution in [0.15, 0.2) is 11.6 Å². The summed E-state index contributed by atoms with van der Waals surface area (Å²) in [6.07, 6.45) is 1.95. The van der Waals surface area contributed by atoms with Gasteiger partial charge in [0.05, 0.1) is 10.6 Å². The first kappa shape index (κ1) is 13.8. The Morgan fingerprint density at radius 1 is 1.30 bits per heavy atom. The third kappa shape index (κ3) is 2.94. The fraction of sp³-hybridized carbons (Fsp3) is 0.538. The van der Waals surface area contributed by atoms with Gasteiger partial charge in [0.1, 0.15) is 0 Å². The molecule has 0 saturated carbocycles. The average Bonchev–Trinajstić information content (AvgIpc) is 3.08. The van der Waals surface area contributed by atoms with Gasteiger partial charge in [-0.05, 0) is 14.0 Å². The second-order valence-corrected chi connectivity index (χ2v) is 6.73. The molecule has 2 aromatic heterocycles. The third-order valence-corrected chi connectivity index (χ3v) is 5.23. The van der Waals surface area contributed by atoms with Crippen LogP contribution in [0.25, 0.3) is 10.6 Å². The number of nitrogens with one attached hydrogen (secondary N) is 1. The zero-order valence-electron chi connectivity index (χ0n) is 11.8. The largest absolute Gasteiger partial charge is 0.362 e. The summed E-state index contributed by atoms with van der Waals surface area (Å²) in [5.74, 6) is 0. The molecule has 1 N–H and O–H groups in total. The van der Waals surface area contributed by atoms with Gasteiger partial charge < -0.3 is 15.1 Å². The summed E-state index contributed by atoms with van der Waals surface area (Å²) in [5, 5.41) is 7.45. The van der Waals surface area contributed by atoms with E-state index in [0.717, 1.165) is 53.6 Å². The van der Waals surface area contributed by atoms with Crippen LogP contribution in [-0.2, 0) is 0 Å². The highest BCUT2D eigenvalue weighted by Crippen LogP contribution is 2.33. The minimum Gasteiger partial charge on any atom is -0.362 e. The third-order valence-electron chi connectivity index (χ3n) is 3.35. The molecule has 0 aromatic carbocycles. The minimum atomic E-state index is 0.905. The fourth-order valence-electron chi connectivity index (χ4n) is 2.15. The van der Waals surface area contributed by atoms with Crippen LogP contribution in [0.1, 0.15) is 6.92 Å². The van der Waals surface area contributed by atoms with Crippen molar-refractivity contribution in [2.45, 2.75) is 6.92 Å². The number of aromatic nitrogens is 2. The minimum absolute atomic E-state index is 0.905. The summed E-state index contributed by atoms with van der Waals surface area (Å²) < 4.78 is 0. The van der Waals surface area contributed by atoms with Gasteiger partial charge in [0, 0.05) is 44.3 Å². The van der Waals surface area contributed by atoms with E-state index >= 15 is 0 Å². The summed E-state index contributed by atoms with van der Waals surface area (Å²) in [7, 11) is 2.17. The summed E-state index contributed by atoms with van der Waals surface area (Å²) in [5.41, 5.74) is 1.03. The predicted octanol–water partition coefficient (Wildman–Crippen LogP) is 2.45. The van der Waals surface area contributed by atoms with Gasteiger partial charge in [-0.15, -0.1) is 11.3 Å². The molecule has 0 radical (unpaired) electrons. The van der Waals surface area contributed by atoms with E-state index < -0.39 is 0 Å². The molecular formula is C13H19N5S2. The van der Waals surface area contributed by atoms with Crippen LogP contribution in [0.3, 0.4) is 0 Å². The molecule has 1 saturated heterocycles. The molecule has 0 spiro atoms. The first-order valence-corrected chi connectivity index (χ1v) is 8.55. The van der Waals surface area contributed by atoms with Crippen LogP contribution in [0.5, 0.6) is 0 Å². The zero-order chi connectivity index (χ0) is 13.9. The van der Waals surface area contributed by atoms with Crippen molar-refractivity contribution in [3.8, 4) is 10.6 Å². The molecule has 108 valence electrons. The molecule has 1 aliphatic rings. The van der Waals surface area contributed by atoms with E-state index in [-0.39, 0.29) is 0 Å². The summed E-state index contributed by atoms with van der Waals surface area (Å²) >= 11 is 3.39. The summed E-state index contributed by atoms with van der Waals surface area (Å²) in [6, 6.07) is 0. The van der Waals surface area contributed by atoms with Crippen molar-refractivity contribution in [3.05, 3.63) is 11.6 Å². The van der Waals surface area contributed by atoms with Crippen LogP contribution in [0.4, 0.5) is 10.3 Å². The van der Waals surface area contributed by atoms with Crippen LogP contribution in [0, 0.1) is 0 Å². The first-order valence-electron chi connectivity index (χ1n) is 6.85. The summed E-state index contributed by atoms with van der Waals surface area (Å²) in [6.45, 7) is 7.32. The molecule has 1 fully saturated rings. The Balaban J connectivity index is 1.72. The molecule has 7 heteroatoms. The number of likely N-dealkylation sites (N-methyl/N-ethyl adjacent to an activating group) is 1. The SMILES string of the molecule is CCNc1nc(-c2cnc(N3CCN(C)CC3)s2)cs1. The van der Waals surface area contributed by atoms with Crippen LogP contribution in [0.2, 0.25) is 0 Å². The monoisotopic (exact) mass is 309 g/mol. The Kier molecular flexibility index (Phi) is 4.18. The van der Waals surface area contributed by atoms with Gasteiger partial charge in [-0.2, -0.15) is 0 Å². The van der Waals surface area contributed by atoms with E-state index in [2.05, 4.69) is 44.4 Å². The van der Waals surface area contributed by atoms with Gasteiger partial charge in [-0.25, -0.2) is 9.97 Å². The van der Waals surface area contributed by atoms with E-state index in [4.69, 9.17) is 0 Å². The van der Waals surface area contributed by atoms with Gasteiger partial charge in [0.15, 0.2) is 10.3 Å². The van der Waals surface area contributed by atoms with Crippen molar-refractivity contribution in [1.82, 2.24) is 14.9 Å². The highest BCUT2D eigenvalue weighted by atomic mass is 32.1. The normalized spacial score (nSPS) is 16.6. The fourth-order valence-corrected chi connectivity index (χ4v) is 3.93. The summed E-state index contributed by atoms with van der Waals surface area (Å²) in [4.78, 5) is 15.0. The maximum absolute atomic E-state index is 4.59. The number of piperazine rings is 1. The molecule has 5 nitrogen and oxygen atoms in total. The number of thiazole rings is 2. The Morgan fingerprint density at radius 3 is 2.85 bits per heavy atom. The van der Waals surface area contributed by atoms with E-state index in [1.165, 1.54) is 0 Å². The molecule has 1 aliphatic heterocycles. The van der Waals surface area contributed by atoms with Crippen molar-refractivity contribution in [2.75, 3.05) is 50.0 Å². The smallest absolute Gasteiger partial charge is 0.185 e. The molecule has 2 aromatic rings. The Labute approximate surface area is 127 Å². The zero-order valence-corrected chi connectivity index (χ0v) is 13.4. The molecule has 0 unspecified atom stereocenters. The van der Waals surface area contributed by atoms with Gasteiger partial charge in [-0.1, -0.05) is 11.3 Å². The van der Waals surface area contributed by atoms with Crippen molar-refractivity contribution < 1.29 is 0 Å². The van der Waals surface area contributed by atoms with E-state index in [1.807, 2.05) is 6.20 Å². The standard InChI is InChI=1S/C13H19N5S2/c1-3-14-12-16-10(9-19-12)11-8-15-13(20-11)18-6-4-17(2)5-7-18/h8-9H,3-7H2,1-2H3,(H,14,16). The molecule has 3 heterocycles. The topological polar surface area (TPSA) is 44.3 Å². The molecule has 20 heavy (non-hydrogen) atoms. The molecule has 0 atom stereocenters. The molecule has 3 rings (SSSR count). The van der Waals surface area contributed by atoms with Gasteiger partial charge >= 0.3 is 0 Å². The van der Waals surface area contributed by atoms with Crippen LogP contribution in [-0.4, -0.2) is 54.6 Å². The highest BCUT2D eigenvalue weighted by molar-refractivity contribution is 7.19. The van der Waals surface area contributed by atoms with Crippen molar-refractivity contribution in [1.29, 1.82) is 0 Å². The van der Waals surface area contributed by atoms with Crippen LogP contribution < -0.4 is 10.2 Å².